The quantitative estimate of drug-likeness (QED) is 0.833. The largest absolute Gasteiger partial charge is 0.486 e. The van der Waals surface area contributed by atoms with E-state index in [4.69, 9.17) is 16.3 Å². The third kappa shape index (κ3) is 3.64. The first-order chi connectivity index (χ1) is 10.2. The third-order valence-corrected chi connectivity index (χ3v) is 4.03. The molecule has 0 radical (unpaired) electrons. The van der Waals surface area contributed by atoms with Crippen LogP contribution in [0.1, 0.15) is 23.1 Å². The Balaban J connectivity index is 1.55. The number of ketones is 1. The molecule has 21 heavy (non-hydrogen) atoms. The lowest BCUT2D eigenvalue weighted by Crippen LogP contribution is -2.14. The first-order valence-electron chi connectivity index (χ1n) is 7.21. The molecule has 1 aliphatic rings. The Morgan fingerprint density at radius 2 is 1.81 bits per heavy atom. The van der Waals surface area contributed by atoms with E-state index in [1.807, 2.05) is 0 Å². The van der Waals surface area contributed by atoms with Gasteiger partial charge in [-0.05, 0) is 60.2 Å². The van der Waals surface area contributed by atoms with Crippen LogP contribution in [0.3, 0.4) is 0 Å². The lowest BCUT2D eigenvalue weighted by molar-refractivity contribution is -0.120. The highest BCUT2D eigenvalue weighted by molar-refractivity contribution is 6.30. The average molecular weight is 301 g/mol. The molecule has 0 atom stereocenters. The summed E-state index contributed by atoms with van der Waals surface area (Å²) < 4.78 is 5.48. The van der Waals surface area contributed by atoms with Crippen LogP contribution in [0.4, 0.5) is 0 Å². The summed E-state index contributed by atoms with van der Waals surface area (Å²) in [5, 5.41) is 0.659. The van der Waals surface area contributed by atoms with Crippen LogP contribution in [-0.4, -0.2) is 12.4 Å². The predicted molar refractivity (Wildman–Crippen MR) is 84.1 cm³/mol. The number of benzene rings is 2. The molecule has 0 amide bonds. The molecule has 3 rings (SSSR count). The standard InChI is InChI=1S/C18H17ClO2/c19-16-6-8-18(9-7-16)21-12-17(20)11-13-4-5-14-2-1-3-15(14)10-13/h4-10H,1-3,11-12H2. The Bertz CT molecular complexity index is 647. The van der Waals surface area contributed by atoms with Crippen LogP contribution in [0.2, 0.25) is 5.02 Å². The summed E-state index contributed by atoms with van der Waals surface area (Å²) in [5.74, 6) is 0.754. The van der Waals surface area contributed by atoms with Gasteiger partial charge < -0.3 is 4.74 Å². The van der Waals surface area contributed by atoms with Crippen molar-refractivity contribution in [2.75, 3.05) is 6.61 Å². The van der Waals surface area contributed by atoms with Crippen molar-refractivity contribution in [3.8, 4) is 5.75 Å². The SMILES string of the molecule is O=C(COc1ccc(Cl)cc1)Cc1ccc2c(c1)CCC2. The number of rotatable bonds is 5. The van der Waals surface area contributed by atoms with Gasteiger partial charge in [-0.3, -0.25) is 4.79 Å². The molecule has 0 heterocycles. The topological polar surface area (TPSA) is 26.3 Å². The summed E-state index contributed by atoms with van der Waals surface area (Å²) in [7, 11) is 0. The molecule has 2 nitrogen and oxygen atoms in total. The average Bonchev–Trinajstić information content (AvgIpc) is 2.94. The fourth-order valence-electron chi connectivity index (χ4n) is 2.71. The number of carbonyl (C=O) groups is 1. The van der Waals surface area contributed by atoms with Crippen LogP contribution >= 0.6 is 11.6 Å². The van der Waals surface area contributed by atoms with Gasteiger partial charge in [0, 0.05) is 11.4 Å². The summed E-state index contributed by atoms with van der Waals surface area (Å²) >= 11 is 5.81. The first-order valence-corrected chi connectivity index (χ1v) is 7.59. The van der Waals surface area contributed by atoms with E-state index in [9.17, 15) is 4.79 Å². The Morgan fingerprint density at radius 3 is 2.62 bits per heavy atom. The molecule has 0 fully saturated rings. The van der Waals surface area contributed by atoms with E-state index >= 15 is 0 Å². The number of carbonyl (C=O) groups excluding carboxylic acids is 1. The maximum atomic E-state index is 12.0. The van der Waals surface area contributed by atoms with Crippen molar-refractivity contribution < 1.29 is 9.53 Å². The van der Waals surface area contributed by atoms with Gasteiger partial charge >= 0.3 is 0 Å². The van der Waals surface area contributed by atoms with Gasteiger partial charge in [0.25, 0.3) is 0 Å². The number of ether oxygens (including phenoxy) is 1. The lowest BCUT2D eigenvalue weighted by atomic mass is 10.0. The number of Topliss-reactive ketones (excluding diaryl/α,β-unsaturated/α-hetero) is 1. The maximum Gasteiger partial charge on any atom is 0.174 e. The van der Waals surface area contributed by atoms with E-state index in [2.05, 4.69) is 18.2 Å². The second kappa shape index (κ2) is 6.31. The molecular formula is C18H17ClO2. The van der Waals surface area contributed by atoms with Crippen LogP contribution in [0.25, 0.3) is 0 Å². The van der Waals surface area contributed by atoms with Crippen molar-refractivity contribution in [1.82, 2.24) is 0 Å². The number of aryl methyl sites for hydroxylation is 2. The number of hydrogen-bond donors (Lipinski definition) is 0. The highest BCUT2D eigenvalue weighted by atomic mass is 35.5. The minimum absolute atomic E-state index is 0.0860. The fraction of sp³-hybridized carbons (Fsp3) is 0.278. The van der Waals surface area contributed by atoms with E-state index in [0.717, 1.165) is 12.0 Å². The van der Waals surface area contributed by atoms with Crippen molar-refractivity contribution in [3.05, 3.63) is 64.2 Å². The summed E-state index contributed by atoms with van der Waals surface area (Å²) in [6, 6.07) is 13.4. The summed E-state index contributed by atoms with van der Waals surface area (Å²) in [6.45, 7) is 0.0959. The monoisotopic (exact) mass is 300 g/mol. The van der Waals surface area contributed by atoms with Crippen LogP contribution in [0.15, 0.2) is 42.5 Å². The Labute approximate surface area is 129 Å². The van der Waals surface area contributed by atoms with E-state index < -0.39 is 0 Å². The molecule has 0 saturated carbocycles. The molecule has 0 N–H and O–H groups in total. The van der Waals surface area contributed by atoms with Crippen molar-refractivity contribution >= 4 is 17.4 Å². The van der Waals surface area contributed by atoms with E-state index in [1.54, 1.807) is 24.3 Å². The van der Waals surface area contributed by atoms with Crippen LogP contribution in [0, 0.1) is 0 Å². The summed E-state index contributed by atoms with van der Waals surface area (Å²) in [4.78, 5) is 12.0. The van der Waals surface area contributed by atoms with Gasteiger partial charge in [-0.25, -0.2) is 0 Å². The lowest BCUT2D eigenvalue weighted by Gasteiger charge is -2.07. The summed E-state index contributed by atoms with van der Waals surface area (Å²) in [6.07, 6.45) is 3.97. The molecule has 1 aliphatic carbocycles. The van der Waals surface area contributed by atoms with Gasteiger partial charge in [0.05, 0.1) is 0 Å². The van der Waals surface area contributed by atoms with Crippen LogP contribution < -0.4 is 4.74 Å². The highest BCUT2D eigenvalue weighted by Gasteiger charge is 2.12. The molecule has 0 spiro atoms. The molecule has 0 saturated heterocycles. The van der Waals surface area contributed by atoms with Crippen molar-refractivity contribution in [2.45, 2.75) is 25.7 Å². The predicted octanol–water partition coefficient (Wildman–Crippen LogP) is 4.02. The van der Waals surface area contributed by atoms with E-state index in [-0.39, 0.29) is 12.4 Å². The smallest absolute Gasteiger partial charge is 0.174 e. The Kier molecular flexibility index (Phi) is 4.26. The van der Waals surface area contributed by atoms with Crippen LogP contribution in [0.5, 0.6) is 5.75 Å². The molecule has 108 valence electrons. The van der Waals surface area contributed by atoms with Crippen molar-refractivity contribution in [3.63, 3.8) is 0 Å². The molecule has 2 aromatic rings. The number of halogens is 1. The van der Waals surface area contributed by atoms with Gasteiger partial charge in [-0.1, -0.05) is 29.8 Å². The first kappa shape index (κ1) is 14.2. The zero-order valence-electron chi connectivity index (χ0n) is 11.8. The molecule has 3 heteroatoms. The fourth-order valence-corrected chi connectivity index (χ4v) is 2.83. The molecule has 2 aromatic carbocycles. The van der Waals surface area contributed by atoms with Crippen molar-refractivity contribution in [1.29, 1.82) is 0 Å². The molecule has 0 bridgehead atoms. The molecule has 0 aromatic heterocycles. The second-order valence-electron chi connectivity index (χ2n) is 5.41. The van der Waals surface area contributed by atoms with Gasteiger partial charge in [0.15, 0.2) is 5.78 Å². The minimum atomic E-state index is 0.0860. The van der Waals surface area contributed by atoms with Crippen LogP contribution in [-0.2, 0) is 24.1 Å². The molecule has 0 aliphatic heterocycles. The second-order valence-corrected chi connectivity index (χ2v) is 5.85. The Hall–Kier alpha value is -1.80. The molecular weight excluding hydrogens is 284 g/mol. The molecule has 0 unspecified atom stereocenters. The zero-order chi connectivity index (χ0) is 14.7. The van der Waals surface area contributed by atoms with Gasteiger partial charge in [-0.2, -0.15) is 0 Å². The van der Waals surface area contributed by atoms with Gasteiger partial charge in [0.2, 0.25) is 0 Å². The minimum Gasteiger partial charge on any atom is -0.486 e. The third-order valence-electron chi connectivity index (χ3n) is 3.78. The maximum absolute atomic E-state index is 12.0. The zero-order valence-corrected chi connectivity index (χ0v) is 12.5. The Morgan fingerprint density at radius 1 is 1.05 bits per heavy atom. The number of fused-ring (bicyclic) bond motifs is 1. The summed E-state index contributed by atoms with van der Waals surface area (Å²) in [5.41, 5.74) is 3.92. The number of hydrogen-bond acceptors (Lipinski definition) is 2. The van der Waals surface area contributed by atoms with E-state index in [0.29, 0.717) is 17.2 Å². The van der Waals surface area contributed by atoms with Gasteiger partial charge in [-0.15, -0.1) is 0 Å². The van der Waals surface area contributed by atoms with Crippen molar-refractivity contribution in [2.24, 2.45) is 0 Å². The van der Waals surface area contributed by atoms with E-state index in [1.165, 1.54) is 24.0 Å². The van der Waals surface area contributed by atoms with Gasteiger partial charge in [0.1, 0.15) is 12.4 Å². The highest BCUT2D eigenvalue weighted by Crippen LogP contribution is 2.23. The normalized spacial score (nSPS) is 13.0.